The van der Waals surface area contributed by atoms with E-state index in [1.165, 1.54) is 12.1 Å². The predicted octanol–water partition coefficient (Wildman–Crippen LogP) is 3.86. The van der Waals surface area contributed by atoms with Crippen molar-refractivity contribution in [2.24, 2.45) is 0 Å². The van der Waals surface area contributed by atoms with Crippen LogP contribution >= 0.6 is 11.8 Å². The van der Waals surface area contributed by atoms with E-state index in [1.807, 2.05) is 18.2 Å². The van der Waals surface area contributed by atoms with Gasteiger partial charge in [0.05, 0.1) is 10.9 Å². The van der Waals surface area contributed by atoms with Crippen molar-refractivity contribution in [3.8, 4) is 11.5 Å². The number of carbonyl (C=O) groups is 1. The Bertz CT molecular complexity index is 1310. The van der Waals surface area contributed by atoms with Crippen molar-refractivity contribution >= 4 is 27.7 Å². The third kappa shape index (κ3) is 4.71. The molecule has 0 unspecified atom stereocenters. The van der Waals surface area contributed by atoms with Gasteiger partial charge in [-0.15, -0.1) is 11.8 Å². The van der Waals surface area contributed by atoms with Crippen LogP contribution in [0.15, 0.2) is 76.5 Å². The summed E-state index contributed by atoms with van der Waals surface area (Å²) in [5.41, 5.74) is 2.14. The number of fused-ring (bicyclic) bond motifs is 2. The molecule has 3 aromatic carbocycles. The van der Waals surface area contributed by atoms with Crippen molar-refractivity contribution in [2.45, 2.75) is 28.8 Å². The lowest BCUT2D eigenvalue weighted by Crippen LogP contribution is -2.31. The van der Waals surface area contributed by atoms with Crippen LogP contribution in [-0.2, 0) is 16.6 Å². The number of carbonyl (C=O) groups excluding carboxylic acids is 1. The molecule has 1 amide bonds. The van der Waals surface area contributed by atoms with E-state index in [4.69, 9.17) is 9.47 Å². The van der Waals surface area contributed by atoms with Crippen molar-refractivity contribution < 1.29 is 22.7 Å². The summed E-state index contributed by atoms with van der Waals surface area (Å²) in [5, 5.41) is 3.06. The Morgan fingerprint density at radius 2 is 1.85 bits per heavy atom. The smallest absolute Gasteiger partial charge is 0.251 e. The molecule has 0 spiro atoms. The lowest BCUT2D eigenvalue weighted by atomic mass is 10.0. The molecule has 7 nitrogen and oxygen atoms in total. The van der Waals surface area contributed by atoms with Gasteiger partial charge in [0, 0.05) is 22.8 Å². The maximum absolute atomic E-state index is 12.9. The van der Waals surface area contributed by atoms with Crippen LogP contribution < -0.4 is 19.5 Å². The van der Waals surface area contributed by atoms with Gasteiger partial charge < -0.3 is 14.8 Å². The van der Waals surface area contributed by atoms with Crippen LogP contribution in [0.4, 0.5) is 0 Å². The molecule has 0 aromatic heterocycles. The second-order valence-corrected chi connectivity index (χ2v) is 10.6. The van der Waals surface area contributed by atoms with Gasteiger partial charge in [0.25, 0.3) is 5.91 Å². The van der Waals surface area contributed by atoms with Gasteiger partial charge in [0.1, 0.15) is 0 Å². The molecular weight excluding hydrogens is 460 g/mol. The van der Waals surface area contributed by atoms with Gasteiger partial charge in [-0.3, -0.25) is 4.79 Å². The van der Waals surface area contributed by atoms with Crippen molar-refractivity contribution in [1.29, 1.82) is 0 Å². The van der Waals surface area contributed by atoms with Crippen molar-refractivity contribution in [1.82, 2.24) is 10.0 Å². The molecular formula is C24H22N2O5S2. The maximum Gasteiger partial charge on any atom is 0.251 e. The van der Waals surface area contributed by atoms with E-state index in [-0.39, 0.29) is 30.2 Å². The fourth-order valence-electron chi connectivity index (χ4n) is 3.85. The van der Waals surface area contributed by atoms with Crippen LogP contribution in [0.1, 0.15) is 33.9 Å². The number of hydrogen-bond acceptors (Lipinski definition) is 6. The highest BCUT2D eigenvalue weighted by atomic mass is 32.2. The Kier molecular flexibility index (Phi) is 6.01. The summed E-state index contributed by atoms with van der Waals surface area (Å²) in [4.78, 5) is 14.1. The zero-order chi connectivity index (χ0) is 22.8. The van der Waals surface area contributed by atoms with Crippen LogP contribution in [0.2, 0.25) is 0 Å². The molecule has 2 heterocycles. The lowest BCUT2D eigenvalue weighted by molar-refractivity contribution is 0.0934. The summed E-state index contributed by atoms with van der Waals surface area (Å²) >= 11 is 1.78. The molecule has 9 heteroatoms. The summed E-state index contributed by atoms with van der Waals surface area (Å²) < 4.78 is 38.9. The van der Waals surface area contributed by atoms with Crippen molar-refractivity contribution in [3.05, 3.63) is 83.4 Å². The van der Waals surface area contributed by atoms with Gasteiger partial charge in [-0.2, -0.15) is 0 Å². The second-order valence-electron chi connectivity index (χ2n) is 7.74. The van der Waals surface area contributed by atoms with E-state index in [0.29, 0.717) is 17.1 Å². The molecule has 33 heavy (non-hydrogen) atoms. The fraction of sp³-hybridized carbons (Fsp3) is 0.208. The third-order valence-corrected chi connectivity index (χ3v) is 8.10. The van der Waals surface area contributed by atoms with Crippen LogP contribution in [0.5, 0.6) is 11.5 Å². The number of thioether (sulfide) groups is 1. The standard InChI is InChI=1S/C24H22N2O5S2/c27-24(26-20-10-11-32-23-7-2-1-6-19(20)23)17-4-3-5-18(13-17)33(28,29)25-14-16-8-9-21-22(12-16)31-15-30-21/h1-9,12-13,20,25H,10-11,14-15H2,(H,26,27)/t20-/m0/s1. The molecule has 2 aliphatic heterocycles. The SMILES string of the molecule is O=C(N[C@H]1CCSc2ccccc21)c1cccc(S(=O)(=O)NCc2ccc3c(c2)OCO3)c1. The van der Waals surface area contributed by atoms with E-state index in [0.717, 1.165) is 28.2 Å². The molecule has 2 N–H and O–H groups in total. The van der Waals surface area contributed by atoms with Gasteiger partial charge >= 0.3 is 0 Å². The minimum absolute atomic E-state index is 0.0375. The molecule has 3 aromatic rings. The molecule has 2 aliphatic rings. The topological polar surface area (TPSA) is 93.7 Å². The molecule has 0 aliphatic carbocycles. The molecule has 0 radical (unpaired) electrons. The Hall–Kier alpha value is -3.01. The number of benzene rings is 3. The van der Waals surface area contributed by atoms with Crippen molar-refractivity contribution in [3.63, 3.8) is 0 Å². The van der Waals surface area contributed by atoms with Crippen LogP contribution in [0, 0.1) is 0 Å². The zero-order valence-electron chi connectivity index (χ0n) is 17.6. The first-order chi connectivity index (χ1) is 16.0. The molecule has 0 fully saturated rings. The van der Waals surface area contributed by atoms with Crippen LogP contribution in [0.3, 0.4) is 0 Å². The quantitative estimate of drug-likeness (QED) is 0.554. The van der Waals surface area contributed by atoms with E-state index in [9.17, 15) is 13.2 Å². The summed E-state index contributed by atoms with van der Waals surface area (Å²) in [6.07, 6.45) is 0.822. The zero-order valence-corrected chi connectivity index (χ0v) is 19.2. The summed E-state index contributed by atoms with van der Waals surface area (Å²) in [7, 11) is -3.82. The maximum atomic E-state index is 12.9. The lowest BCUT2D eigenvalue weighted by Gasteiger charge is -2.26. The molecule has 1 atom stereocenters. The number of hydrogen-bond donors (Lipinski definition) is 2. The number of sulfonamides is 1. The fourth-order valence-corrected chi connectivity index (χ4v) is 6.04. The largest absolute Gasteiger partial charge is 0.454 e. The summed E-state index contributed by atoms with van der Waals surface area (Å²) in [6.45, 7) is 0.247. The molecule has 170 valence electrons. The second kappa shape index (κ2) is 9.09. The molecule has 0 bridgehead atoms. The Labute approximate surface area is 196 Å². The first-order valence-corrected chi connectivity index (χ1v) is 13.0. The van der Waals surface area contributed by atoms with Gasteiger partial charge in [0.15, 0.2) is 11.5 Å². The normalized spacial score (nSPS) is 16.8. The highest BCUT2D eigenvalue weighted by Gasteiger charge is 2.23. The van der Waals surface area contributed by atoms with Gasteiger partial charge in [-0.1, -0.05) is 30.3 Å². The number of rotatable bonds is 6. The Morgan fingerprint density at radius 3 is 2.76 bits per heavy atom. The predicted molar refractivity (Wildman–Crippen MR) is 125 cm³/mol. The Balaban J connectivity index is 1.29. The van der Waals surface area contributed by atoms with Gasteiger partial charge in [0.2, 0.25) is 16.8 Å². The average molecular weight is 483 g/mol. The first-order valence-electron chi connectivity index (χ1n) is 10.5. The number of ether oxygens (including phenoxy) is 2. The third-order valence-electron chi connectivity index (χ3n) is 5.57. The van der Waals surface area contributed by atoms with Gasteiger partial charge in [-0.05, 0) is 53.9 Å². The molecule has 0 saturated carbocycles. The molecule has 5 rings (SSSR count). The number of nitrogens with one attached hydrogen (secondary N) is 2. The average Bonchev–Trinajstić information content (AvgIpc) is 3.31. The van der Waals surface area contributed by atoms with E-state index in [1.54, 1.807) is 42.1 Å². The summed E-state index contributed by atoms with van der Waals surface area (Å²) in [6, 6.07) is 19.3. The van der Waals surface area contributed by atoms with E-state index in [2.05, 4.69) is 16.1 Å². The van der Waals surface area contributed by atoms with Crippen LogP contribution in [0.25, 0.3) is 0 Å². The van der Waals surface area contributed by atoms with E-state index >= 15 is 0 Å². The highest BCUT2D eigenvalue weighted by Crippen LogP contribution is 2.36. The van der Waals surface area contributed by atoms with Crippen LogP contribution in [-0.4, -0.2) is 26.9 Å². The monoisotopic (exact) mass is 482 g/mol. The molecule has 0 saturated heterocycles. The number of amides is 1. The van der Waals surface area contributed by atoms with Crippen molar-refractivity contribution in [2.75, 3.05) is 12.5 Å². The minimum Gasteiger partial charge on any atom is -0.454 e. The summed E-state index contributed by atoms with van der Waals surface area (Å²) in [5.74, 6) is 1.85. The first kappa shape index (κ1) is 21.8. The van der Waals surface area contributed by atoms with Gasteiger partial charge in [-0.25, -0.2) is 13.1 Å². The Morgan fingerprint density at radius 1 is 1.00 bits per heavy atom. The highest BCUT2D eigenvalue weighted by molar-refractivity contribution is 7.99. The van der Waals surface area contributed by atoms with E-state index < -0.39 is 10.0 Å². The minimum atomic E-state index is -3.82.